The van der Waals surface area contributed by atoms with Crippen LogP contribution in [-0.4, -0.2) is 42.5 Å². The molecule has 5 nitrogen and oxygen atoms in total. The number of hydrogen-bond donors (Lipinski definition) is 2. The number of nitrogens with one attached hydrogen (secondary N) is 2. The van der Waals surface area contributed by atoms with Gasteiger partial charge in [-0.1, -0.05) is 13.0 Å². The Bertz CT molecular complexity index is 491. The van der Waals surface area contributed by atoms with Crippen molar-refractivity contribution in [2.45, 2.75) is 33.2 Å². The molecule has 0 aromatic carbocycles. The van der Waals surface area contributed by atoms with Crippen LogP contribution in [0.5, 0.6) is 0 Å². The number of hydrogen-bond acceptors (Lipinski definition) is 4. The molecule has 0 aliphatic carbocycles. The van der Waals surface area contributed by atoms with Crippen LogP contribution in [0.4, 0.5) is 5.82 Å². The van der Waals surface area contributed by atoms with E-state index in [2.05, 4.69) is 27.4 Å². The molecule has 1 unspecified atom stereocenters. The number of nitrogens with zero attached hydrogens (tertiary/aromatic N) is 2. The van der Waals surface area contributed by atoms with Crippen LogP contribution in [0, 0.1) is 5.41 Å². The molecule has 1 saturated heterocycles. The van der Waals surface area contributed by atoms with E-state index >= 15 is 0 Å². The Labute approximate surface area is 127 Å². The minimum Gasteiger partial charge on any atom is -0.370 e. The Hall–Kier alpha value is -1.62. The monoisotopic (exact) mass is 290 g/mol. The van der Waals surface area contributed by atoms with Crippen molar-refractivity contribution < 1.29 is 4.79 Å². The van der Waals surface area contributed by atoms with Gasteiger partial charge in [-0.2, -0.15) is 0 Å². The van der Waals surface area contributed by atoms with Gasteiger partial charge >= 0.3 is 0 Å². The molecule has 1 amide bonds. The molecule has 21 heavy (non-hydrogen) atoms. The largest absolute Gasteiger partial charge is 0.370 e. The Morgan fingerprint density at radius 3 is 3.00 bits per heavy atom. The van der Waals surface area contributed by atoms with Crippen LogP contribution in [0.3, 0.4) is 0 Å². The molecule has 0 bridgehead atoms. The summed E-state index contributed by atoms with van der Waals surface area (Å²) in [4.78, 5) is 18.9. The zero-order valence-electron chi connectivity index (χ0n) is 13.3. The molecule has 1 aromatic rings. The van der Waals surface area contributed by atoms with Crippen molar-refractivity contribution in [3.63, 3.8) is 0 Å². The van der Waals surface area contributed by atoms with E-state index in [1.165, 1.54) is 0 Å². The van der Waals surface area contributed by atoms with Crippen molar-refractivity contribution in [3.05, 3.63) is 23.9 Å². The number of likely N-dealkylation sites (tertiary alicyclic amines) is 1. The highest BCUT2D eigenvalue weighted by Crippen LogP contribution is 2.30. The quantitative estimate of drug-likeness (QED) is 0.839. The van der Waals surface area contributed by atoms with E-state index in [4.69, 9.17) is 0 Å². The van der Waals surface area contributed by atoms with Crippen LogP contribution in [0.2, 0.25) is 0 Å². The molecule has 116 valence electrons. The molecular weight excluding hydrogens is 264 g/mol. The number of pyridine rings is 1. The first kappa shape index (κ1) is 15.8. The lowest BCUT2D eigenvalue weighted by Crippen LogP contribution is -2.39. The number of carbonyl (C=O) groups excluding carboxylic acids is 1. The summed E-state index contributed by atoms with van der Waals surface area (Å²) in [6.07, 6.45) is 1.99. The van der Waals surface area contributed by atoms with Gasteiger partial charge < -0.3 is 10.6 Å². The van der Waals surface area contributed by atoms with Gasteiger partial charge in [0.2, 0.25) is 5.91 Å². The molecule has 2 N–H and O–H groups in total. The van der Waals surface area contributed by atoms with Gasteiger partial charge in [0.15, 0.2) is 0 Å². The highest BCUT2D eigenvalue weighted by atomic mass is 16.2. The van der Waals surface area contributed by atoms with E-state index in [0.717, 1.165) is 50.5 Å². The maximum Gasteiger partial charge on any atom is 0.227 e. The first-order chi connectivity index (χ1) is 10.1. The minimum absolute atomic E-state index is 0.135. The molecule has 1 fully saturated rings. The third kappa shape index (κ3) is 3.94. The van der Waals surface area contributed by atoms with Gasteiger partial charge in [0.1, 0.15) is 5.82 Å². The second-order valence-electron chi connectivity index (χ2n) is 6.04. The Balaban J connectivity index is 1.95. The van der Waals surface area contributed by atoms with Gasteiger partial charge in [-0.3, -0.25) is 9.69 Å². The topological polar surface area (TPSA) is 57.3 Å². The van der Waals surface area contributed by atoms with Crippen molar-refractivity contribution >= 4 is 11.7 Å². The zero-order chi connectivity index (χ0) is 15.3. The maximum absolute atomic E-state index is 11.9. The summed E-state index contributed by atoms with van der Waals surface area (Å²) in [7, 11) is 1.71. The zero-order valence-corrected chi connectivity index (χ0v) is 13.3. The molecule has 1 aliphatic rings. The van der Waals surface area contributed by atoms with Crippen molar-refractivity contribution in [2.24, 2.45) is 5.41 Å². The Morgan fingerprint density at radius 2 is 2.29 bits per heavy atom. The van der Waals surface area contributed by atoms with Gasteiger partial charge in [-0.25, -0.2) is 4.98 Å². The number of amides is 1. The number of rotatable bonds is 6. The standard InChI is InChI=1S/C16H26N4O/c1-4-9-18-14-7-5-6-13(19-14)11-20-10-8-16(2,12-20)15(21)17-3/h5-7H,4,8-12H2,1-3H3,(H,17,21)(H,18,19). The fraction of sp³-hybridized carbons (Fsp3) is 0.625. The summed E-state index contributed by atoms with van der Waals surface area (Å²) in [5, 5.41) is 6.08. The molecule has 1 aliphatic heterocycles. The predicted molar refractivity (Wildman–Crippen MR) is 85.1 cm³/mol. The first-order valence-electron chi connectivity index (χ1n) is 7.72. The summed E-state index contributed by atoms with van der Waals surface area (Å²) < 4.78 is 0. The normalized spacial score (nSPS) is 22.2. The molecule has 5 heteroatoms. The lowest BCUT2D eigenvalue weighted by molar-refractivity contribution is -0.129. The molecular formula is C16H26N4O. The van der Waals surface area contributed by atoms with Gasteiger partial charge in [-0.05, 0) is 38.4 Å². The lowest BCUT2D eigenvalue weighted by atomic mass is 9.89. The first-order valence-corrected chi connectivity index (χ1v) is 7.72. The number of carbonyl (C=O) groups is 1. The van der Waals surface area contributed by atoms with E-state index in [1.807, 2.05) is 25.1 Å². The van der Waals surface area contributed by atoms with Gasteiger partial charge in [0, 0.05) is 26.7 Å². The van der Waals surface area contributed by atoms with Gasteiger partial charge in [0.05, 0.1) is 11.1 Å². The Morgan fingerprint density at radius 1 is 1.48 bits per heavy atom. The summed E-state index contributed by atoms with van der Waals surface area (Å²) in [5.74, 6) is 1.07. The summed E-state index contributed by atoms with van der Waals surface area (Å²) in [6.45, 7) is 7.65. The average molecular weight is 290 g/mol. The lowest BCUT2D eigenvalue weighted by Gasteiger charge is -2.22. The van der Waals surface area contributed by atoms with Crippen LogP contribution >= 0.6 is 0 Å². The summed E-state index contributed by atoms with van der Waals surface area (Å²) in [5.41, 5.74) is 0.782. The molecule has 1 atom stereocenters. The fourth-order valence-electron chi connectivity index (χ4n) is 2.83. The van der Waals surface area contributed by atoms with Crippen molar-refractivity contribution in [3.8, 4) is 0 Å². The Kier molecular flexibility index (Phi) is 5.17. The maximum atomic E-state index is 11.9. The van der Waals surface area contributed by atoms with Gasteiger partial charge in [-0.15, -0.1) is 0 Å². The third-order valence-electron chi connectivity index (χ3n) is 4.08. The van der Waals surface area contributed by atoms with E-state index in [9.17, 15) is 4.79 Å². The molecule has 0 saturated carbocycles. The van der Waals surface area contributed by atoms with Crippen LogP contribution < -0.4 is 10.6 Å². The van der Waals surface area contributed by atoms with E-state index in [1.54, 1.807) is 7.05 Å². The van der Waals surface area contributed by atoms with E-state index in [0.29, 0.717) is 0 Å². The molecule has 0 spiro atoms. The smallest absolute Gasteiger partial charge is 0.227 e. The number of aromatic nitrogens is 1. The van der Waals surface area contributed by atoms with E-state index in [-0.39, 0.29) is 11.3 Å². The highest BCUT2D eigenvalue weighted by molar-refractivity contribution is 5.82. The molecule has 0 radical (unpaired) electrons. The number of anilines is 1. The molecule has 1 aromatic heterocycles. The second-order valence-corrected chi connectivity index (χ2v) is 6.04. The predicted octanol–water partition coefficient (Wildman–Crippen LogP) is 1.86. The molecule has 2 rings (SSSR count). The van der Waals surface area contributed by atoms with Crippen LogP contribution in [-0.2, 0) is 11.3 Å². The van der Waals surface area contributed by atoms with Crippen molar-refractivity contribution in [1.29, 1.82) is 0 Å². The highest BCUT2D eigenvalue weighted by Gasteiger charge is 2.39. The van der Waals surface area contributed by atoms with Crippen molar-refractivity contribution in [2.75, 3.05) is 32.0 Å². The average Bonchev–Trinajstić information content (AvgIpc) is 2.87. The summed E-state index contributed by atoms with van der Waals surface area (Å²) >= 11 is 0. The van der Waals surface area contributed by atoms with Crippen LogP contribution in [0.1, 0.15) is 32.4 Å². The summed E-state index contributed by atoms with van der Waals surface area (Å²) in [6, 6.07) is 6.08. The van der Waals surface area contributed by atoms with Crippen molar-refractivity contribution in [1.82, 2.24) is 15.2 Å². The second kappa shape index (κ2) is 6.89. The SMILES string of the molecule is CCCNc1cccc(CN2CCC(C)(C(=O)NC)C2)n1. The fourth-order valence-corrected chi connectivity index (χ4v) is 2.83. The minimum atomic E-state index is -0.271. The van der Waals surface area contributed by atoms with Gasteiger partial charge in [0.25, 0.3) is 0 Å². The third-order valence-corrected chi connectivity index (χ3v) is 4.08. The molecule has 2 heterocycles. The van der Waals surface area contributed by atoms with E-state index < -0.39 is 0 Å². The van der Waals surface area contributed by atoms with Crippen LogP contribution in [0.25, 0.3) is 0 Å². The van der Waals surface area contributed by atoms with Crippen LogP contribution in [0.15, 0.2) is 18.2 Å².